The number of carboxylic acid groups (broad SMARTS) is 1. The molecule has 0 aliphatic heterocycles. The number of rotatable bonds is 9. The fourth-order valence-corrected chi connectivity index (χ4v) is 1.97. The lowest BCUT2D eigenvalue weighted by molar-refractivity contribution is 0.0698. The normalized spacial score (nSPS) is 9.81. The van der Waals surface area contributed by atoms with Crippen LogP contribution in [0.2, 0.25) is 0 Å². The number of anilines is 1. The van der Waals surface area contributed by atoms with Crippen LogP contribution in [-0.2, 0) is 0 Å². The van der Waals surface area contributed by atoms with E-state index < -0.39 is 5.97 Å². The van der Waals surface area contributed by atoms with Crippen LogP contribution in [0.1, 0.15) is 68.6 Å². The summed E-state index contributed by atoms with van der Waals surface area (Å²) in [6.07, 6.45) is 11.0. The summed E-state index contributed by atoms with van der Waals surface area (Å²) >= 11 is 0. The van der Waals surface area contributed by atoms with Gasteiger partial charge in [-0.1, -0.05) is 64.0 Å². The molecular formula is C17H30N2O2. The van der Waals surface area contributed by atoms with Gasteiger partial charge >= 0.3 is 5.97 Å². The van der Waals surface area contributed by atoms with Gasteiger partial charge in [-0.3, -0.25) is 0 Å². The molecule has 0 amide bonds. The van der Waals surface area contributed by atoms with Crippen molar-refractivity contribution in [3.05, 3.63) is 29.8 Å². The van der Waals surface area contributed by atoms with E-state index in [1.54, 1.807) is 18.2 Å². The zero-order chi connectivity index (χ0) is 15.9. The van der Waals surface area contributed by atoms with E-state index in [4.69, 9.17) is 16.6 Å². The van der Waals surface area contributed by atoms with Crippen molar-refractivity contribution in [1.82, 2.24) is 0 Å². The minimum absolute atomic E-state index is 0.155. The largest absolute Gasteiger partial charge is 0.478 e. The Bertz CT molecular complexity index is 373. The third kappa shape index (κ3) is 10.9. The van der Waals surface area contributed by atoms with Crippen molar-refractivity contribution in [2.75, 3.05) is 12.3 Å². The second kappa shape index (κ2) is 13.4. The number of nitrogen functional groups attached to an aromatic ring is 1. The highest BCUT2D eigenvalue weighted by Crippen LogP contribution is 2.09. The highest BCUT2D eigenvalue weighted by molar-refractivity contribution is 5.93. The summed E-state index contributed by atoms with van der Waals surface area (Å²) in [6.45, 7) is 3.13. The quantitative estimate of drug-likeness (QED) is 0.473. The topological polar surface area (TPSA) is 89.3 Å². The Morgan fingerprint density at radius 2 is 1.52 bits per heavy atom. The Morgan fingerprint density at radius 3 is 1.95 bits per heavy atom. The summed E-state index contributed by atoms with van der Waals surface area (Å²) in [5.74, 6) is -0.988. The molecule has 21 heavy (non-hydrogen) atoms. The lowest BCUT2D eigenvalue weighted by Gasteiger charge is -1.99. The molecule has 120 valence electrons. The predicted octanol–water partition coefficient (Wildman–Crippen LogP) is 4.05. The maximum Gasteiger partial charge on any atom is 0.337 e. The first-order valence-electron chi connectivity index (χ1n) is 7.91. The van der Waals surface area contributed by atoms with Gasteiger partial charge in [0.1, 0.15) is 0 Å². The fraction of sp³-hybridized carbons (Fsp3) is 0.588. The second-order valence-electron chi connectivity index (χ2n) is 5.16. The molecule has 1 aromatic rings. The van der Waals surface area contributed by atoms with Crippen LogP contribution in [-0.4, -0.2) is 17.6 Å². The number of aromatic carboxylic acids is 1. The van der Waals surface area contributed by atoms with Crippen LogP contribution < -0.4 is 11.5 Å². The van der Waals surface area contributed by atoms with E-state index >= 15 is 0 Å². The van der Waals surface area contributed by atoms with Crippen LogP contribution in [0.5, 0.6) is 0 Å². The molecule has 0 aliphatic carbocycles. The zero-order valence-corrected chi connectivity index (χ0v) is 13.2. The molecule has 1 rings (SSSR count). The summed E-state index contributed by atoms with van der Waals surface area (Å²) in [4.78, 5) is 10.3. The first-order chi connectivity index (χ1) is 10.1. The number of carboxylic acids is 1. The Balaban J connectivity index is 0.000000382. The van der Waals surface area contributed by atoms with Crippen molar-refractivity contribution < 1.29 is 9.90 Å². The van der Waals surface area contributed by atoms with Crippen molar-refractivity contribution in [3.63, 3.8) is 0 Å². The molecule has 4 heteroatoms. The first-order valence-corrected chi connectivity index (χ1v) is 7.91. The van der Waals surface area contributed by atoms with Gasteiger partial charge in [0.15, 0.2) is 0 Å². The molecule has 5 N–H and O–H groups in total. The average molecular weight is 294 g/mol. The summed E-state index contributed by atoms with van der Waals surface area (Å²) in [5, 5.41) is 8.49. The Hall–Kier alpha value is -1.55. The second-order valence-corrected chi connectivity index (χ2v) is 5.16. The molecule has 0 saturated carbocycles. The van der Waals surface area contributed by atoms with Gasteiger partial charge in [-0.15, -0.1) is 0 Å². The molecule has 0 aromatic heterocycles. The number of unbranched alkanes of at least 4 members (excludes halogenated alkanes) is 7. The minimum Gasteiger partial charge on any atom is -0.478 e. The monoisotopic (exact) mass is 294 g/mol. The molecule has 0 radical (unpaired) electrons. The minimum atomic E-state index is -0.988. The van der Waals surface area contributed by atoms with Crippen molar-refractivity contribution in [2.24, 2.45) is 5.73 Å². The Kier molecular flexibility index (Phi) is 12.4. The van der Waals surface area contributed by atoms with Gasteiger partial charge < -0.3 is 16.6 Å². The molecule has 0 bridgehead atoms. The van der Waals surface area contributed by atoms with Crippen molar-refractivity contribution in [2.45, 2.75) is 58.3 Å². The lowest BCUT2D eigenvalue weighted by Crippen LogP contribution is -2.00. The highest BCUT2D eigenvalue weighted by atomic mass is 16.4. The number of benzene rings is 1. The smallest absolute Gasteiger partial charge is 0.337 e. The molecule has 0 saturated heterocycles. The number of carbonyl (C=O) groups is 1. The van der Waals surface area contributed by atoms with Crippen LogP contribution in [0.3, 0.4) is 0 Å². The maximum atomic E-state index is 10.3. The van der Waals surface area contributed by atoms with Crippen LogP contribution in [0.25, 0.3) is 0 Å². The Morgan fingerprint density at radius 1 is 1.00 bits per heavy atom. The third-order valence-corrected chi connectivity index (χ3v) is 3.25. The average Bonchev–Trinajstić information content (AvgIpc) is 2.47. The summed E-state index contributed by atoms with van der Waals surface area (Å²) in [6, 6.07) is 6.36. The number of nitrogens with two attached hydrogens (primary N) is 2. The SMILES string of the molecule is CCCCCCCCCCN.Nc1ccccc1C(=O)O. The molecule has 0 unspecified atom stereocenters. The van der Waals surface area contributed by atoms with Gasteiger partial charge in [-0.25, -0.2) is 4.79 Å². The van der Waals surface area contributed by atoms with E-state index in [0.717, 1.165) is 6.54 Å². The summed E-state index contributed by atoms with van der Waals surface area (Å²) in [5.41, 5.74) is 11.2. The Labute approximate surface area is 128 Å². The van der Waals surface area contributed by atoms with E-state index in [-0.39, 0.29) is 5.56 Å². The highest BCUT2D eigenvalue weighted by Gasteiger charge is 2.03. The summed E-state index contributed by atoms with van der Waals surface area (Å²) < 4.78 is 0. The molecule has 4 nitrogen and oxygen atoms in total. The van der Waals surface area contributed by atoms with E-state index in [1.165, 1.54) is 57.4 Å². The van der Waals surface area contributed by atoms with Gasteiger partial charge in [-0.05, 0) is 25.1 Å². The molecule has 0 spiro atoms. The van der Waals surface area contributed by atoms with Crippen LogP contribution in [0, 0.1) is 0 Å². The molecule has 0 fully saturated rings. The maximum absolute atomic E-state index is 10.3. The van der Waals surface area contributed by atoms with E-state index in [1.807, 2.05) is 0 Å². The fourth-order valence-electron chi connectivity index (χ4n) is 1.97. The van der Waals surface area contributed by atoms with Crippen LogP contribution >= 0.6 is 0 Å². The summed E-state index contributed by atoms with van der Waals surface area (Å²) in [7, 11) is 0. The van der Waals surface area contributed by atoms with E-state index in [0.29, 0.717) is 5.69 Å². The van der Waals surface area contributed by atoms with Gasteiger partial charge in [0.25, 0.3) is 0 Å². The van der Waals surface area contributed by atoms with Gasteiger partial charge in [0.05, 0.1) is 5.56 Å². The predicted molar refractivity (Wildman–Crippen MR) is 89.5 cm³/mol. The van der Waals surface area contributed by atoms with Crippen LogP contribution in [0.15, 0.2) is 24.3 Å². The number of hydrogen-bond donors (Lipinski definition) is 3. The van der Waals surface area contributed by atoms with Gasteiger partial charge in [0.2, 0.25) is 0 Å². The van der Waals surface area contributed by atoms with Crippen LogP contribution in [0.4, 0.5) is 5.69 Å². The molecule has 0 atom stereocenters. The number of para-hydroxylation sites is 1. The molecular weight excluding hydrogens is 264 g/mol. The van der Waals surface area contributed by atoms with E-state index in [9.17, 15) is 4.79 Å². The van der Waals surface area contributed by atoms with Crippen molar-refractivity contribution >= 4 is 11.7 Å². The third-order valence-electron chi connectivity index (χ3n) is 3.25. The standard InChI is InChI=1S/C10H23N.C7H7NO2/c1-2-3-4-5-6-7-8-9-10-11;8-6-4-2-1-3-5(6)7(9)10/h2-11H2,1H3;1-4H,8H2,(H,9,10). The lowest BCUT2D eigenvalue weighted by atomic mass is 10.1. The molecule has 0 heterocycles. The van der Waals surface area contributed by atoms with Gasteiger partial charge in [-0.2, -0.15) is 0 Å². The zero-order valence-electron chi connectivity index (χ0n) is 13.2. The first kappa shape index (κ1) is 19.4. The molecule has 0 aliphatic rings. The van der Waals surface area contributed by atoms with E-state index in [2.05, 4.69) is 6.92 Å². The molecule has 1 aromatic carbocycles. The van der Waals surface area contributed by atoms with Crippen molar-refractivity contribution in [3.8, 4) is 0 Å². The van der Waals surface area contributed by atoms with Crippen molar-refractivity contribution in [1.29, 1.82) is 0 Å². The van der Waals surface area contributed by atoms with Gasteiger partial charge in [0, 0.05) is 5.69 Å². The number of hydrogen-bond acceptors (Lipinski definition) is 3.